The smallest absolute Gasteiger partial charge is 0.310 e. The summed E-state index contributed by atoms with van der Waals surface area (Å²) in [7, 11) is -2.56. The Balaban J connectivity index is 2.27. The Labute approximate surface area is 220 Å². The number of nitrogens with one attached hydrogen (secondary N) is 2. The summed E-state index contributed by atoms with van der Waals surface area (Å²) in [6.07, 6.45) is 4.33. The van der Waals surface area contributed by atoms with Crippen LogP contribution in [0.5, 0.6) is 5.75 Å². The molecule has 0 aliphatic rings. The van der Waals surface area contributed by atoms with E-state index >= 15 is 0 Å². The van der Waals surface area contributed by atoms with Gasteiger partial charge < -0.3 is 9.47 Å². The van der Waals surface area contributed by atoms with E-state index in [1.54, 1.807) is 20.8 Å². The molecular weight excluding hydrogens is 492 g/mol. The normalized spacial score (nSPS) is 13.8. The van der Waals surface area contributed by atoms with Crippen molar-refractivity contribution in [2.75, 3.05) is 7.11 Å². The third kappa shape index (κ3) is 10.0. The molecule has 2 N–H and O–H groups in total. The summed E-state index contributed by atoms with van der Waals surface area (Å²) in [6, 6.07) is 15.4. The van der Waals surface area contributed by atoms with Crippen LogP contribution in [-0.4, -0.2) is 33.0 Å². The summed E-state index contributed by atoms with van der Waals surface area (Å²) in [5.41, 5.74) is 2.54. The summed E-state index contributed by atoms with van der Waals surface area (Å²) in [4.78, 5) is 28.7. The summed E-state index contributed by atoms with van der Waals surface area (Å²) >= 11 is 0. The Morgan fingerprint density at radius 2 is 1.59 bits per heavy atom. The van der Waals surface area contributed by atoms with Gasteiger partial charge in [0.25, 0.3) is 10.0 Å². The van der Waals surface area contributed by atoms with Crippen molar-refractivity contribution >= 4 is 28.0 Å². The fraction of sp³-hybridized carbons (Fsp3) is 0.429. The minimum absolute atomic E-state index is 0.0384. The zero-order valence-electron chi connectivity index (χ0n) is 22.4. The Kier molecular flexibility index (Phi) is 10.9. The second-order valence-electron chi connectivity index (χ2n) is 10.2. The molecule has 2 aromatic carbocycles. The second-order valence-corrected chi connectivity index (χ2v) is 11.9. The number of hydrogen-bond donors (Lipinski definition) is 2. The van der Waals surface area contributed by atoms with Crippen molar-refractivity contribution in [3.8, 4) is 5.75 Å². The Bertz CT molecular complexity index is 1150. The minimum atomic E-state index is -4.04. The average Bonchev–Trinajstić information content (AvgIpc) is 2.83. The van der Waals surface area contributed by atoms with E-state index in [0.717, 1.165) is 5.56 Å². The van der Waals surface area contributed by atoms with Crippen LogP contribution < -0.4 is 15.0 Å². The molecule has 0 aromatic heterocycles. The quantitative estimate of drug-likeness (QED) is 0.303. The zero-order chi connectivity index (χ0) is 27.6. The van der Waals surface area contributed by atoms with Crippen LogP contribution >= 0.6 is 0 Å². The van der Waals surface area contributed by atoms with E-state index in [2.05, 4.69) is 10.3 Å². The van der Waals surface area contributed by atoms with E-state index in [1.165, 1.54) is 31.4 Å². The van der Waals surface area contributed by atoms with Gasteiger partial charge in [-0.1, -0.05) is 56.3 Å². The lowest BCUT2D eigenvalue weighted by atomic mass is 9.82. The molecule has 8 nitrogen and oxygen atoms in total. The van der Waals surface area contributed by atoms with Crippen LogP contribution in [0.2, 0.25) is 0 Å². The van der Waals surface area contributed by atoms with Crippen molar-refractivity contribution in [3.63, 3.8) is 0 Å². The molecule has 0 aliphatic carbocycles. The van der Waals surface area contributed by atoms with E-state index in [9.17, 15) is 18.0 Å². The molecule has 0 unspecified atom stereocenters. The van der Waals surface area contributed by atoms with Crippen molar-refractivity contribution in [2.24, 2.45) is 17.8 Å². The molecular formula is C28H38N2O6S. The van der Waals surface area contributed by atoms with Crippen molar-refractivity contribution in [3.05, 3.63) is 66.2 Å². The molecule has 0 aliphatic heterocycles. The Morgan fingerprint density at radius 3 is 2.14 bits per heavy atom. The Hall–Kier alpha value is -3.17. The summed E-state index contributed by atoms with van der Waals surface area (Å²) in [5, 5.41) is 0. The highest BCUT2D eigenvalue weighted by Crippen LogP contribution is 2.28. The summed E-state index contributed by atoms with van der Waals surface area (Å²) in [6.45, 7) is 9.17. The van der Waals surface area contributed by atoms with E-state index in [-0.39, 0.29) is 17.2 Å². The number of ether oxygens (including phenoxy) is 2. The van der Waals surface area contributed by atoms with Gasteiger partial charge in [0.05, 0.1) is 23.8 Å². The molecule has 0 bridgehead atoms. The van der Waals surface area contributed by atoms with Gasteiger partial charge in [-0.05, 0) is 69.4 Å². The van der Waals surface area contributed by atoms with Gasteiger partial charge in [-0.15, -0.1) is 4.83 Å². The van der Waals surface area contributed by atoms with Gasteiger partial charge in [-0.2, -0.15) is 0 Å². The lowest BCUT2D eigenvalue weighted by Gasteiger charge is -2.29. The first-order valence-corrected chi connectivity index (χ1v) is 13.7. The van der Waals surface area contributed by atoms with Crippen LogP contribution in [0.1, 0.15) is 53.0 Å². The SMILES string of the molecule is COc1ccc(S(=O)(=O)NNC(=O)[C@H](CC(C)C)[C@H](C/C=C/c2ccccc2)C(=O)OC(C)(C)C)cc1. The molecule has 0 spiro atoms. The maximum Gasteiger partial charge on any atom is 0.310 e. The number of esters is 1. The topological polar surface area (TPSA) is 111 Å². The Morgan fingerprint density at radius 1 is 0.973 bits per heavy atom. The maximum atomic E-state index is 13.3. The first-order valence-electron chi connectivity index (χ1n) is 12.2. The second kappa shape index (κ2) is 13.4. The van der Waals surface area contributed by atoms with Gasteiger partial charge in [0, 0.05) is 0 Å². The number of allylic oxidation sites excluding steroid dienone is 1. The molecule has 2 rings (SSSR count). The first-order chi connectivity index (χ1) is 17.3. The lowest BCUT2D eigenvalue weighted by molar-refractivity contribution is -0.164. The molecule has 0 saturated carbocycles. The predicted molar refractivity (Wildman–Crippen MR) is 144 cm³/mol. The van der Waals surface area contributed by atoms with Crippen LogP contribution in [0.15, 0.2) is 65.6 Å². The molecule has 0 fully saturated rings. The van der Waals surface area contributed by atoms with Crippen molar-refractivity contribution in [2.45, 2.75) is 58.0 Å². The van der Waals surface area contributed by atoms with Gasteiger partial charge in [0.2, 0.25) is 5.91 Å². The number of methoxy groups -OCH3 is 1. The van der Waals surface area contributed by atoms with Crippen LogP contribution in [0, 0.1) is 17.8 Å². The molecule has 1 amide bonds. The molecule has 37 heavy (non-hydrogen) atoms. The van der Waals surface area contributed by atoms with Crippen LogP contribution in [-0.2, 0) is 24.3 Å². The molecule has 2 aromatic rings. The molecule has 202 valence electrons. The van der Waals surface area contributed by atoms with Crippen molar-refractivity contribution in [1.82, 2.24) is 10.3 Å². The number of carbonyl (C=O) groups is 2. The summed E-state index contributed by atoms with van der Waals surface area (Å²) in [5.74, 6) is -2.18. The first kappa shape index (κ1) is 30.1. The van der Waals surface area contributed by atoms with Gasteiger partial charge in [-0.25, -0.2) is 8.42 Å². The minimum Gasteiger partial charge on any atom is -0.497 e. The molecule has 0 saturated heterocycles. The van der Waals surface area contributed by atoms with E-state index in [1.807, 2.05) is 56.3 Å². The number of carbonyl (C=O) groups excluding carboxylic acids is 2. The van der Waals surface area contributed by atoms with Crippen LogP contribution in [0.4, 0.5) is 0 Å². The number of hydrogen-bond acceptors (Lipinski definition) is 6. The van der Waals surface area contributed by atoms with Crippen molar-refractivity contribution in [1.29, 1.82) is 0 Å². The highest BCUT2D eigenvalue weighted by Gasteiger charge is 2.36. The fourth-order valence-electron chi connectivity index (χ4n) is 3.70. The number of benzene rings is 2. The molecule has 0 radical (unpaired) electrons. The molecule has 9 heteroatoms. The van der Waals surface area contributed by atoms with Crippen LogP contribution in [0.3, 0.4) is 0 Å². The van der Waals surface area contributed by atoms with Gasteiger partial charge in [-0.3, -0.25) is 15.0 Å². The fourth-order valence-corrected chi connectivity index (χ4v) is 4.55. The van der Waals surface area contributed by atoms with Gasteiger partial charge in [0.1, 0.15) is 11.4 Å². The number of sulfonamides is 1. The summed E-state index contributed by atoms with van der Waals surface area (Å²) < 4.78 is 36.2. The average molecular weight is 531 g/mol. The lowest BCUT2D eigenvalue weighted by Crippen LogP contribution is -2.48. The van der Waals surface area contributed by atoms with E-state index < -0.39 is 39.3 Å². The van der Waals surface area contributed by atoms with Gasteiger partial charge in [0.15, 0.2) is 0 Å². The number of amides is 1. The third-order valence-corrected chi connectivity index (χ3v) is 6.70. The molecule has 0 heterocycles. The standard InChI is InChI=1S/C28H38N2O6S/c1-20(2)19-25(26(31)29-30-37(33,34)23-17-15-22(35-6)16-18-23)24(27(32)36-28(3,4)5)14-10-13-21-11-8-7-9-12-21/h7-13,15-18,20,24-25,30H,14,19H2,1-6H3,(H,29,31)/b13-10+/t24-,25+/m0/s1. The van der Waals surface area contributed by atoms with E-state index in [0.29, 0.717) is 12.2 Å². The van der Waals surface area contributed by atoms with Crippen LogP contribution in [0.25, 0.3) is 6.08 Å². The number of hydrazine groups is 1. The third-order valence-electron chi connectivity index (χ3n) is 5.44. The monoisotopic (exact) mass is 530 g/mol. The molecule has 2 atom stereocenters. The number of rotatable bonds is 12. The highest BCUT2D eigenvalue weighted by molar-refractivity contribution is 7.89. The highest BCUT2D eigenvalue weighted by atomic mass is 32.2. The zero-order valence-corrected chi connectivity index (χ0v) is 23.2. The maximum absolute atomic E-state index is 13.3. The predicted octanol–water partition coefficient (Wildman–Crippen LogP) is 4.73. The van der Waals surface area contributed by atoms with E-state index in [4.69, 9.17) is 9.47 Å². The van der Waals surface area contributed by atoms with Gasteiger partial charge >= 0.3 is 5.97 Å². The van der Waals surface area contributed by atoms with Crippen molar-refractivity contribution < 1.29 is 27.5 Å². The largest absolute Gasteiger partial charge is 0.497 e.